The average molecular weight is 325 g/mol. The van der Waals surface area contributed by atoms with Crippen LogP contribution < -0.4 is 5.43 Å². The van der Waals surface area contributed by atoms with Crippen LogP contribution in [0.1, 0.15) is 33.6 Å². The molecule has 0 atom stereocenters. The fourth-order valence-corrected chi connectivity index (χ4v) is 2.19. The second kappa shape index (κ2) is 8.21. The topological polar surface area (TPSA) is 18.5 Å². The zero-order valence-corrected chi connectivity index (χ0v) is 12.5. The van der Waals surface area contributed by atoms with Crippen LogP contribution in [-0.2, 0) is 0 Å². The van der Waals surface area contributed by atoms with Gasteiger partial charge in [-0.05, 0) is 12.3 Å². The first-order chi connectivity index (χ1) is 6.97. The lowest BCUT2D eigenvalue weighted by Crippen LogP contribution is -2.37. The third-order valence-electron chi connectivity index (χ3n) is 2.08. The lowest BCUT2D eigenvalue weighted by Gasteiger charge is -2.27. The molecule has 0 aliphatic carbocycles. The normalized spacial score (nSPS) is 10.9. The minimum absolute atomic E-state index is 0.656. The zero-order chi connectivity index (χ0) is 11.8. The summed E-state index contributed by atoms with van der Waals surface area (Å²) in [6, 6.07) is 0. The molecular weight excluding hydrogens is 301 g/mol. The molecule has 0 rings (SSSR count). The third-order valence-corrected chi connectivity index (χ3v) is 2.72. The van der Waals surface area contributed by atoms with E-state index in [0.717, 1.165) is 18.9 Å². The van der Waals surface area contributed by atoms with Crippen LogP contribution in [-0.4, -0.2) is 28.3 Å². The molecule has 0 aromatic heterocycles. The summed E-state index contributed by atoms with van der Waals surface area (Å²) < 4.78 is 2.06. The summed E-state index contributed by atoms with van der Waals surface area (Å²) in [4.78, 5) is 2.16. The number of hydrogen-bond donors (Lipinski definition) is 1. The van der Waals surface area contributed by atoms with Crippen molar-refractivity contribution >= 4 is 22.9 Å². The van der Waals surface area contributed by atoms with Gasteiger partial charge in [-0.25, -0.2) is 0 Å². The Hall–Kier alpha value is 0.0300. The van der Waals surface area contributed by atoms with Crippen molar-refractivity contribution in [2.24, 2.45) is 5.92 Å². The number of nitrogens with one attached hydrogen (secondary N) is 1. The van der Waals surface area contributed by atoms with E-state index in [1.165, 1.54) is 12.8 Å². The largest absolute Gasteiger partial charge is 0.361 e. The quantitative estimate of drug-likeness (QED) is 0.420. The Bertz CT molecular complexity index is 183. The van der Waals surface area contributed by atoms with Gasteiger partial charge in [-0.15, -0.1) is 0 Å². The number of hydrogen-bond acceptors (Lipinski definition) is 3. The molecule has 0 amide bonds. The first kappa shape index (κ1) is 15.0. The Kier molecular flexibility index (Phi) is 8.23. The van der Waals surface area contributed by atoms with Crippen LogP contribution in [0, 0.1) is 5.92 Å². The van der Waals surface area contributed by atoms with Crippen molar-refractivity contribution in [3.8, 4) is 0 Å². The van der Waals surface area contributed by atoms with Gasteiger partial charge in [0.25, 0.3) is 0 Å². The molecule has 0 aliphatic rings. The van der Waals surface area contributed by atoms with Gasteiger partial charge in [-0.1, -0.05) is 33.8 Å². The number of halogens is 1. The van der Waals surface area contributed by atoms with E-state index in [2.05, 4.69) is 70.8 Å². The fourth-order valence-electron chi connectivity index (χ4n) is 1.12. The number of unbranched alkanes of at least 4 members (excludes halogenated alkanes) is 1. The number of rotatable bonds is 8. The molecule has 0 heterocycles. The lowest BCUT2D eigenvalue weighted by atomic mass is 10.2. The molecule has 4 heteroatoms. The minimum atomic E-state index is 0.656. The van der Waals surface area contributed by atoms with Gasteiger partial charge in [-0.3, -0.25) is 5.43 Å². The first-order valence-electron chi connectivity index (χ1n) is 5.57. The molecule has 1 N–H and O–H groups in total. The Morgan fingerprint density at radius 1 is 1.47 bits per heavy atom. The SMILES string of the molecule is C=C(NN(I)CC(C)C)N(C)CCCC. The number of nitrogens with zero attached hydrogens (tertiary/aromatic N) is 2. The maximum atomic E-state index is 4.02. The standard InChI is InChI=1S/C11H24IN3/c1-6-7-8-14(5)11(4)13-15(12)9-10(2)3/h10,13H,4,6-9H2,1-3,5H3. The Morgan fingerprint density at radius 3 is 2.53 bits per heavy atom. The predicted molar refractivity (Wildman–Crippen MR) is 75.4 cm³/mol. The molecule has 0 saturated carbocycles. The van der Waals surface area contributed by atoms with E-state index in [1.54, 1.807) is 0 Å². The first-order valence-corrected chi connectivity index (χ1v) is 6.53. The van der Waals surface area contributed by atoms with Gasteiger partial charge in [0.2, 0.25) is 0 Å². The van der Waals surface area contributed by atoms with Gasteiger partial charge in [0.05, 0.1) is 0 Å². The van der Waals surface area contributed by atoms with Crippen molar-refractivity contribution in [1.82, 2.24) is 13.5 Å². The van der Waals surface area contributed by atoms with Crippen molar-refractivity contribution in [1.29, 1.82) is 0 Å². The summed E-state index contributed by atoms with van der Waals surface area (Å²) in [6.07, 6.45) is 2.43. The average Bonchev–Trinajstić information content (AvgIpc) is 2.12. The van der Waals surface area contributed by atoms with E-state index >= 15 is 0 Å². The molecule has 0 spiro atoms. The number of hydrazine groups is 1. The second-order valence-electron chi connectivity index (χ2n) is 4.27. The van der Waals surface area contributed by atoms with Crippen molar-refractivity contribution in [3.05, 3.63) is 12.4 Å². The molecule has 0 aromatic rings. The summed E-state index contributed by atoms with van der Waals surface area (Å²) in [5.74, 6) is 1.63. The summed E-state index contributed by atoms with van der Waals surface area (Å²) in [5, 5.41) is 0. The molecule has 15 heavy (non-hydrogen) atoms. The van der Waals surface area contributed by atoms with Gasteiger partial charge in [0.1, 0.15) is 5.82 Å². The van der Waals surface area contributed by atoms with E-state index in [9.17, 15) is 0 Å². The second-order valence-corrected chi connectivity index (χ2v) is 5.44. The Labute approximate surface area is 108 Å². The summed E-state index contributed by atoms with van der Waals surface area (Å²) in [5.41, 5.74) is 3.27. The van der Waals surface area contributed by atoms with Gasteiger partial charge in [0.15, 0.2) is 0 Å². The van der Waals surface area contributed by atoms with Crippen molar-refractivity contribution < 1.29 is 0 Å². The molecule has 0 bridgehead atoms. The van der Waals surface area contributed by atoms with Crippen molar-refractivity contribution in [2.75, 3.05) is 20.1 Å². The van der Waals surface area contributed by atoms with Gasteiger partial charge in [0, 0.05) is 43.0 Å². The molecule has 0 saturated heterocycles. The highest BCUT2D eigenvalue weighted by Crippen LogP contribution is 2.05. The van der Waals surface area contributed by atoms with Gasteiger partial charge < -0.3 is 4.90 Å². The lowest BCUT2D eigenvalue weighted by molar-refractivity contribution is 0.296. The van der Waals surface area contributed by atoms with Crippen LogP contribution in [0.5, 0.6) is 0 Å². The van der Waals surface area contributed by atoms with Gasteiger partial charge in [-0.2, -0.15) is 3.22 Å². The highest BCUT2D eigenvalue weighted by atomic mass is 127. The minimum Gasteiger partial charge on any atom is -0.361 e. The maximum Gasteiger partial charge on any atom is 0.109 e. The third kappa shape index (κ3) is 7.90. The summed E-state index contributed by atoms with van der Waals surface area (Å²) >= 11 is 2.28. The molecular formula is C11H24IN3. The van der Waals surface area contributed by atoms with E-state index in [4.69, 9.17) is 0 Å². The predicted octanol–water partition coefficient (Wildman–Crippen LogP) is 3.00. The molecule has 3 nitrogen and oxygen atoms in total. The molecule has 0 unspecified atom stereocenters. The van der Waals surface area contributed by atoms with Crippen LogP contribution in [0.3, 0.4) is 0 Å². The monoisotopic (exact) mass is 325 g/mol. The molecule has 0 radical (unpaired) electrons. The Balaban J connectivity index is 3.80. The molecule has 0 aliphatic heterocycles. The van der Waals surface area contributed by atoms with Crippen LogP contribution >= 0.6 is 22.9 Å². The van der Waals surface area contributed by atoms with Crippen LogP contribution in [0.4, 0.5) is 0 Å². The van der Waals surface area contributed by atoms with Crippen LogP contribution in [0.15, 0.2) is 12.4 Å². The maximum absolute atomic E-state index is 4.02. The van der Waals surface area contributed by atoms with Crippen LogP contribution in [0.25, 0.3) is 0 Å². The molecule has 90 valence electrons. The summed E-state index contributed by atoms with van der Waals surface area (Å²) in [6.45, 7) is 12.7. The highest BCUT2D eigenvalue weighted by Gasteiger charge is 2.06. The fraction of sp³-hybridized carbons (Fsp3) is 0.818. The zero-order valence-electron chi connectivity index (χ0n) is 10.4. The molecule has 0 aromatic carbocycles. The smallest absolute Gasteiger partial charge is 0.109 e. The van der Waals surface area contributed by atoms with Crippen molar-refractivity contribution in [3.63, 3.8) is 0 Å². The van der Waals surface area contributed by atoms with Gasteiger partial charge >= 0.3 is 0 Å². The van der Waals surface area contributed by atoms with E-state index in [1.807, 2.05) is 0 Å². The van der Waals surface area contributed by atoms with E-state index in [0.29, 0.717) is 5.92 Å². The van der Waals surface area contributed by atoms with E-state index in [-0.39, 0.29) is 0 Å². The molecule has 0 fully saturated rings. The summed E-state index contributed by atoms with van der Waals surface area (Å²) in [7, 11) is 2.07. The van der Waals surface area contributed by atoms with Crippen LogP contribution in [0.2, 0.25) is 0 Å². The van der Waals surface area contributed by atoms with Crippen molar-refractivity contribution in [2.45, 2.75) is 33.6 Å². The Morgan fingerprint density at radius 2 is 2.07 bits per heavy atom. The van der Waals surface area contributed by atoms with E-state index < -0.39 is 0 Å². The highest BCUT2D eigenvalue weighted by molar-refractivity contribution is 14.1.